The normalized spacial score (nSPS) is 10.4. The fraction of sp³-hybridized carbons (Fsp3) is 0.200. The number of alkyl carbamates (subject to hydrolysis) is 2. The predicted octanol–water partition coefficient (Wildman–Crippen LogP) is 2.42. The summed E-state index contributed by atoms with van der Waals surface area (Å²) < 4.78 is 39.8. The van der Waals surface area contributed by atoms with Crippen LogP contribution in [0.4, 0.5) is 21.0 Å². The Labute approximate surface area is 190 Å². The molecule has 3 amide bonds. The number of aryl methyl sites for hydroxylation is 1. The Morgan fingerprint density at radius 3 is 2.00 bits per heavy atom. The third-order valence-electron chi connectivity index (χ3n) is 3.83. The fourth-order valence-electron chi connectivity index (χ4n) is 2.33. The number of carbonyl (C=O) groups is 3. The molecule has 0 fully saturated rings. The van der Waals surface area contributed by atoms with Crippen molar-refractivity contribution in [2.45, 2.75) is 18.7 Å². The lowest BCUT2D eigenvalue weighted by Gasteiger charge is -2.13. The Kier molecular flexibility index (Phi) is 8.34. The van der Waals surface area contributed by atoms with Crippen molar-refractivity contribution in [3.63, 3.8) is 0 Å². The Hall–Kier alpha value is -4.13. The molecule has 2 rings (SSSR count). The van der Waals surface area contributed by atoms with Crippen LogP contribution in [-0.4, -0.2) is 46.7 Å². The van der Waals surface area contributed by atoms with Crippen molar-refractivity contribution in [1.82, 2.24) is 10.6 Å². The van der Waals surface area contributed by atoms with Gasteiger partial charge in [-0.1, -0.05) is 17.7 Å². The van der Waals surface area contributed by atoms with Gasteiger partial charge in [0.1, 0.15) is 10.6 Å². The number of ether oxygens (including phenoxy) is 2. The molecule has 3 N–H and O–H groups in total. The molecular formula is C20H22N4O8S. The van der Waals surface area contributed by atoms with Crippen molar-refractivity contribution in [2.24, 2.45) is 4.99 Å². The quantitative estimate of drug-likeness (QED) is 0.335. The van der Waals surface area contributed by atoms with E-state index in [1.54, 1.807) is 19.1 Å². The second kappa shape index (κ2) is 10.9. The van der Waals surface area contributed by atoms with Gasteiger partial charge in [0.15, 0.2) is 5.75 Å². The molecule has 2 aromatic carbocycles. The lowest BCUT2D eigenvalue weighted by molar-refractivity contribution is -0.114. The average Bonchev–Trinajstić information content (AvgIpc) is 2.74. The van der Waals surface area contributed by atoms with Gasteiger partial charge in [0.25, 0.3) is 0 Å². The van der Waals surface area contributed by atoms with Gasteiger partial charge in [0.05, 0.1) is 14.2 Å². The molecule has 13 heteroatoms. The first-order chi connectivity index (χ1) is 15.5. The molecule has 0 aliphatic carbocycles. The summed E-state index contributed by atoms with van der Waals surface area (Å²) in [6.07, 6.45) is -1.93. The fourth-order valence-corrected chi connectivity index (χ4v) is 3.26. The molecule has 0 radical (unpaired) electrons. The van der Waals surface area contributed by atoms with Crippen molar-refractivity contribution in [1.29, 1.82) is 0 Å². The standard InChI is InChI=1S/C20H22N4O8S/c1-12-5-8-15(9-6-12)33(28,29)32-17-11-14(21-13(2)25)7-10-16(17)22-18(23-19(26)30-3)24-20(27)31-4/h5-11H,1-4H3,(H,21,25)(H2,22,23,24,26,27). The van der Waals surface area contributed by atoms with Crippen LogP contribution < -0.4 is 20.1 Å². The number of methoxy groups -OCH3 is 2. The summed E-state index contributed by atoms with van der Waals surface area (Å²) in [7, 11) is -2.11. The van der Waals surface area contributed by atoms with Gasteiger partial charge in [-0.3, -0.25) is 15.4 Å². The van der Waals surface area contributed by atoms with E-state index in [4.69, 9.17) is 4.18 Å². The van der Waals surface area contributed by atoms with Gasteiger partial charge in [-0.2, -0.15) is 8.42 Å². The number of hydrogen-bond donors (Lipinski definition) is 3. The highest BCUT2D eigenvalue weighted by atomic mass is 32.2. The molecule has 12 nitrogen and oxygen atoms in total. The van der Waals surface area contributed by atoms with E-state index in [9.17, 15) is 22.8 Å². The zero-order chi connectivity index (χ0) is 24.6. The number of guanidine groups is 1. The highest BCUT2D eigenvalue weighted by Crippen LogP contribution is 2.33. The molecule has 0 aliphatic rings. The number of carbonyl (C=O) groups excluding carboxylic acids is 3. The summed E-state index contributed by atoms with van der Waals surface area (Å²) in [5.74, 6) is -1.13. The summed E-state index contributed by atoms with van der Waals surface area (Å²) in [4.78, 5) is 38.5. The first-order valence-electron chi connectivity index (χ1n) is 9.25. The van der Waals surface area contributed by atoms with Crippen LogP contribution in [0.25, 0.3) is 0 Å². The van der Waals surface area contributed by atoms with Crippen molar-refractivity contribution in [2.75, 3.05) is 19.5 Å². The van der Waals surface area contributed by atoms with Crippen LogP contribution in [0.5, 0.6) is 5.75 Å². The molecule has 0 spiro atoms. The highest BCUT2D eigenvalue weighted by molar-refractivity contribution is 7.87. The highest BCUT2D eigenvalue weighted by Gasteiger charge is 2.20. The Morgan fingerprint density at radius 2 is 1.48 bits per heavy atom. The van der Waals surface area contributed by atoms with Gasteiger partial charge >= 0.3 is 22.3 Å². The van der Waals surface area contributed by atoms with E-state index in [-0.39, 0.29) is 22.0 Å². The zero-order valence-electron chi connectivity index (χ0n) is 18.2. The second-order valence-corrected chi connectivity index (χ2v) is 7.95. The number of aliphatic imine (C=N–C) groups is 1. The predicted molar refractivity (Wildman–Crippen MR) is 118 cm³/mol. The van der Waals surface area contributed by atoms with E-state index in [1.165, 1.54) is 37.3 Å². The van der Waals surface area contributed by atoms with E-state index >= 15 is 0 Å². The maximum absolute atomic E-state index is 12.8. The van der Waals surface area contributed by atoms with E-state index in [0.717, 1.165) is 19.8 Å². The van der Waals surface area contributed by atoms with E-state index in [0.29, 0.717) is 0 Å². The average molecular weight is 478 g/mol. The van der Waals surface area contributed by atoms with E-state index in [1.807, 2.05) is 0 Å². The number of anilines is 1. The van der Waals surface area contributed by atoms with Crippen LogP contribution in [0, 0.1) is 6.92 Å². The molecule has 0 heterocycles. The Balaban J connectivity index is 2.54. The Bertz CT molecular complexity index is 1160. The van der Waals surface area contributed by atoms with Gasteiger partial charge < -0.3 is 19.0 Å². The minimum absolute atomic E-state index is 0.109. The summed E-state index contributed by atoms with van der Waals surface area (Å²) in [5, 5.41) is 6.81. The number of amides is 3. The maximum atomic E-state index is 12.8. The number of nitrogens with one attached hydrogen (secondary N) is 3. The number of nitrogens with zero attached hydrogens (tertiary/aromatic N) is 1. The van der Waals surface area contributed by atoms with Gasteiger partial charge in [-0.15, -0.1) is 0 Å². The second-order valence-electron chi connectivity index (χ2n) is 6.41. The van der Waals surface area contributed by atoms with Crippen LogP contribution >= 0.6 is 0 Å². The SMILES string of the molecule is COC(=O)NC(=Nc1ccc(NC(C)=O)cc1OS(=O)(=O)c1ccc(C)cc1)NC(=O)OC. The van der Waals surface area contributed by atoms with Crippen LogP contribution in [0.15, 0.2) is 52.4 Å². The minimum atomic E-state index is -4.30. The zero-order valence-corrected chi connectivity index (χ0v) is 19.0. The lowest BCUT2D eigenvalue weighted by Crippen LogP contribution is -2.43. The van der Waals surface area contributed by atoms with Gasteiger partial charge in [-0.05, 0) is 31.2 Å². The molecule has 0 aliphatic heterocycles. The van der Waals surface area contributed by atoms with Crippen molar-refractivity contribution < 1.29 is 36.5 Å². The van der Waals surface area contributed by atoms with Crippen LogP contribution in [0.2, 0.25) is 0 Å². The van der Waals surface area contributed by atoms with Crippen LogP contribution in [0.3, 0.4) is 0 Å². The molecule has 0 atom stereocenters. The first kappa shape index (κ1) is 25.1. The number of hydrogen-bond acceptors (Lipinski definition) is 9. The van der Waals surface area contributed by atoms with E-state index < -0.39 is 34.2 Å². The van der Waals surface area contributed by atoms with Crippen molar-refractivity contribution >= 4 is 45.5 Å². The summed E-state index contributed by atoms with van der Waals surface area (Å²) in [6.45, 7) is 3.07. The van der Waals surface area contributed by atoms with Crippen LogP contribution in [-0.2, 0) is 24.4 Å². The van der Waals surface area contributed by atoms with Gasteiger partial charge in [0, 0.05) is 18.7 Å². The molecule has 0 aromatic heterocycles. The summed E-state index contributed by atoms with van der Waals surface area (Å²) in [6, 6.07) is 9.88. The molecule has 0 saturated carbocycles. The molecule has 33 heavy (non-hydrogen) atoms. The number of benzene rings is 2. The molecule has 0 bridgehead atoms. The largest absolute Gasteiger partial charge is 0.453 e. The monoisotopic (exact) mass is 478 g/mol. The minimum Gasteiger partial charge on any atom is -0.453 e. The molecule has 0 unspecified atom stereocenters. The summed E-state index contributed by atoms with van der Waals surface area (Å²) in [5.41, 5.74) is 0.959. The third kappa shape index (κ3) is 7.50. The summed E-state index contributed by atoms with van der Waals surface area (Å²) >= 11 is 0. The van der Waals surface area contributed by atoms with Crippen molar-refractivity contribution in [3.8, 4) is 5.75 Å². The molecule has 0 saturated heterocycles. The van der Waals surface area contributed by atoms with Gasteiger partial charge in [0.2, 0.25) is 11.9 Å². The topological polar surface area (TPSA) is 161 Å². The van der Waals surface area contributed by atoms with Crippen LogP contribution in [0.1, 0.15) is 12.5 Å². The first-order valence-corrected chi connectivity index (χ1v) is 10.7. The molecular weight excluding hydrogens is 456 g/mol. The lowest BCUT2D eigenvalue weighted by atomic mass is 10.2. The molecule has 176 valence electrons. The van der Waals surface area contributed by atoms with Gasteiger partial charge in [-0.25, -0.2) is 14.6 Å². The smallest absolute Gasteiger partial charge is 0.413 e. The van der Waals surface area contributed by atoms with E-state index in [2.05, 4.69) is 30.4 Å². The maximum Gasteiger partial charge on any atom is 0.413 e. The van der Waals surface area contributed by atoms with Crippen molar-refractivity contribution in [3.05, 3.63) is 48.0 Å². The number of rotatable bonds is 5. The Morgan fingerprint density at radius 1 is 0.909 bits per heavy atom. The third-order valence-corrected chi connectivity index (χ3v) is 5.08. The molecule has 2 aromatic rings.